The van der Waals surface area contributed by atoms with Gasteiger partial charge in [-0.05, 0) is 30.9 Å². The van der Waals surface area contributed by atoms with Crippen LogP contribution in [0.15, 0.2) is 18.2 Å². The van der Waals surface area contributed by atoms with Crippen LogP contribution in [0.5, 0.6) is 5.75 Å². The van der Waals surface area contributed by atoms with Gasteiger partial charge in [-0.3, -0.25) is 4.79 Å². The van der Waals surface area contributed by atoms with E-state index >= 15 is 0 Å². The van der Waals surface area contributed by atoms with E-state index in [0.29, 0.717) is 18.4 Å². The van der Waals surface area contributed by atoms with Gasteiger partial charge in [0, 0.05) is 31.7 Å². The third-order valence-electron chi connectivity index (χ3n) is 4.38. The van der Waals surface area contributed by atoms with Crippen LogP contribution in [0.3, 0.4) is 0 Å². The predicted octanol–water partition coefficient (Wildman–Crippen LogP) is 1.21. The van der Waals surface area contributed by atoms with Gasteiger partial charge in [0.2, 0.25) is 0 Å². The quantitative estimate of drug-likeness (QED) is 0.801. The molecule has 1 aromatic carbocycles. The van der Waals surface area contributed by atoms with Crippen molar-refractivity contribution in [2.24, 2.45) is 11.8 Å². The minimum atomic E-state index is -0.660. The molecule has 19 heavy (non-hydrogen) atoms. The number of likely N-dealkylation sites (tertiary alicyclic amines) is 1. The molecule has 0 radical (unpaired) electrons. The van der Waals surface area contributed by atoms with Crippen LogP contribution in [-0.2, 0) is 0 Å². The highest BCUT2D eigenvalue weighted by Gasteiger charge is 2.44. The first-order valence-electron chi connectivity index (χ1n) is 6.58. The third kappa shape index (κ3) is 1.98. The van der Waals surface area contributed by atoms with Crippen LogP contribution in [0, 0.1) is 17.7 Å². The molecular formula is C14H17FN2O2. The molecule has 3 atom stereocenters. The molecule has 2 fully saturated rings. The van der Waals surface area contributed by atoms with Crippen LogP contribution >= 0.6 is 0 Å². The first-order valence-corrected chi connectivity index (χ1v) is 6.58. The van der Waals surface area contributed by atoms with Crippen LogP contribution in [-0.4, -0.2) is 41.6 Å². The largest absolute Gasteiger partial charge is 0.508 e. The Morgan fingerprint density at radius 1 is 1.47 bits per heavy atom. The highest BCUT2D eigenvalue weighted by atomic mass is 19.1. The van der Waals surface area contributed by atoms with Crippen molar-refractivity contribution in [2.45, 2.75) is 13.0 Å². The minimum absolute atomic E-state index is 0.0394. The Morgan fingerprint density at radius 3 is 2.95 bits per heavy atom. The number of amides is 1. The number of nitrogens with one attached hydrogen (secondary N) is 1. The van der Waals surface area contributed by atoms with Crippen molar-refractivity contribution >= 4 is 5.91 Å². The summed E-state index contributed by atoms with van der Waals surface area (Å²) < 4.78 is 13.8. The second-order valence-electron chi connectivity index (χ2n) is 5.44. The zero-order valence-electron chi connectivity index (χ0n) is 10.8. The van der Waals surface area contributed by atoms with Gasteiger partial charge in [-0.15, -0.1) is 0 Å². The highest BCUT2D eigenvalue weighted by Crippen LogP contribution is 2.33. The number of hydrogen-bond acceptors (Lipinski definition) is 3. The maximum absolute atomic E-state index is 13.8. The van der Waals surface area contributed by atoms with Gasteiger partial charge >= 0.3 is 0 Å². The van der Waals surface area contributed by atoms with Crippen LogP contribution in [0.4, 0.5) is 4.39 Å². The highest BCUT2D eigenvalue weighted by molar-refractivity contribution is 5.95. The summed E-state index contributed by atoms with van der Waals surface area (Å²) in [4.78, 5) is 14.2. The first-order chi connectivity index (χ1) is 9.08. The summed E-state index contributed by atoms with van der Waals surface area (Å²) in [7, 11) is 0. The molecule has 2 saturated heterocycles. The molecule has 1 amide bonds. The molecule has 102 valence electrons. The SMILES string of the molecule is CC1C2CNCC2CN1C(=O)c1ccc(O)cc1F. The minimum Gasteiger partial charge on any atom is -0.508 e. The molecule has 2 aliphatic heterocycles. The van der Waals surface area contributed by atoms with Gasteiger partial charge in [0.25, 0.3) is 5.91 Å². The van der Waals surface area contributed by atoms with Gasteiger partial charge in [0.05, 0.1) is 5.56 Å². The van der Waals surface area contributed by atoms with E-state index in [1.807, 2.05) is 6.92 Å². The standard InChI is InChI=1S/C14H17FN2O2/c1-8-12-6-16-5-9(12)7-17(8)14(19)11-3-2-10(18)4-13(11)15/h2-4,8-9,12,16,18H,5-7H2,1H3. The van der Waals surface area contributed by atoms with Crippen molar-refractivity contribution < 1.29 is 14.3 Å². The predicted molar refractivity (Wildman–Crippen MR) is 68.4 cm³/mol. The number of phenols is 1. The maximum Gasteiger partial charge on any atom is 0.257 e. The van der Waals surface area contributed by atoms with E-state index in [1.165, 1.54) is 12.1 Å². The lowest BCUT2D eigenvalue weighted by Gasteiger charge is -2.24. The van der Waals surface area contributed by atoms with Gasteiger partial charge in [0.15, 0.2) is 0 Å². The summed E-state index contributed by atoms with van der Waals surface area (Å²) in [5.41, 5.74) is 0.0394. The normalized spacial score (nSPS) is 29.6. The lowest BCUT2D eigenvalue weighted by molar-refractivity contribution is 0.0724. The Morgan fingerprint density at radius 2 is 2.26 bits per heavy atom. The molecule has 2 aliphatic rings. The molecule has 0 aromatic heterocycles. The molecule has 0 bridgehead atoms. The molecule has 2 N–H and O–H groups in total. The molecule has 2 heterocycles. The van der Waals surface area contributed by atoms with Crippen molar-refractivity contribution in [3.63, 3.8) is 0 Å². The molecule has 0 aliphatic carbocycles. The summed E-state index contributed by atoms with van der Waals surface area (Å²) in [5.74, 6) is -0.167. The molecule has 3 unspecified atom stereocenters. The lowest BCUT2D eigenvalue weighted by atomic mass is 9.95. The molecular weight excluding hydrogens is 247 g/mol. The number of benzene rings is 1. The number of phenolic OH excluding ortho intramolecular Hbond substituents is 1. The van der Waals surface area contributed by atoms with Crippen molar-refractivity contribution in [1.82, 2.24) is 10.2 Å². The van der Waals surface area contributed by atoms with Crippen molar-refractivity contribution in [3.05, 3.63) is 29.6 Å². The topological polar surface area (TPSA) is 52.6 Å². The van der Waals surface area contributed by atoms with Gasteiger partial charge < -0.3 is 15.3 Å². The summed E-state index contributed by atoms with van der Waals surface area (Å²) in [6, 6.07) is 3.81. The number of nitrogens with zero attached hydrogens (tertiary/aromatic N) is 1. The van der Waals surface area contributed by atoms with Crippen LogP contribution in [0.1, 0.15) is 17.3 Å². The number of halogens is 1. The van der Waals surface area contributed by atoms with E-state index in [0.717, 1.165) is 19.2 Å². The molecule has 4 nitrogen and oxygen atoms in total. The Hall–Kier alpha value is -1.62. The average Bonchev–Trinajstić information content (AvgIpc) is 2.92. The smallest absolute Gasteiger partial charge is 0.257 e. The molecule has 3 rings (SSSR count). The summed E-state index contributed by atoms with van der Waals surface area (Å²) >= 11 is 0. The molecule has 1 aromatic rings. The van der Waals surface area contributed by atoms with Crippen LogP contribution in [0.2, 0.25) is 0 Å². The van der Waals surface area contributed by atoms with E-state index < -0.39 is 5.82 Å². The number of hydrogen-bond donors (Lipinski definition) is 2. The van der Waals surface area contributed by atoms with Crippen LogP contribution in [0.25, 0.3) is 0 Å². The fourth-order valence-corrected chi connectivity index (χ4v) is 3.27. The van der Waals surface area contributed by atoms with E-state index in [-0.39, 0.29) is 23.3 Å². The Bertz CT molecular complexity index is 520. The number of aromatic hydroxyl groups is 1. The monoisotopic (exact) mass is 264 g/mol. The fourth-order valence-electron chi connectivity index (χ4n) is 3.27. The maximum atomic E-state index is 13.8. The van der Waals surface area contributed by atoms with Crippen molar-refractivity contribution in [2.75, 3.05) is 19.6 Å². The van der Waals surface area contributed by atoms with E-state index in [9.17, 15) is 14.3 Å². The zero-order chi connectivity index (χ0) is 13.6. The van der Waals surface area contributed by atoms with E-state index in [1.54, 1.807) is 4.90 Å². The average molecular weight is 264 g/mol. The summed E-state index contributed by atoms with van der Waals surface area (Å²) in [5, 5.41) is 12.5. The second-order valence-corrected chi connectivity index (χ2v) is 5.44. The Labute approximate surface area is 111 Å². The number of rotatable bonds is 1. The van der Waals surface area contributed by atoms with Gasteiger partial charge in [0.1, 0.15) is 11.6 Å². The van der Waals surface area contributed by atoms with Crippen molar-refractivity contribution in [3.8, 4) is 5.75 Å². The van der Waals surface area contributed by atoms with Gasteiger partial charge in [-0.1, -0.05) is 0 Å². The Kier molecular flexibility index (Phi) is 2.93. The van der Waals surface area contributed by atoms with Crippen molar-refractivity contribution in [1.29, 1.82) is 0 Å². The molecule has 0 spiro atoms. The fraction of sp³-hybridized carbons (Fsp3) is 0.500. The second kappa shape index (κ2) is 4.49. The van der Waals surface area contributed by atoms with Gasteiger partial charge in [-0.25, -0.2) is 4.39 Å². The van der Waals surface area contributed by atoms with E-state index in [4.69, 9.17) is 0 Å². The molecule has 5 heteroatoms. The first kappa shape index (κ1) is 12.4. The molecule has 0 saturated carbocycles. The summed E-state index contributed by atoms with van der Waals surface area (Å²) in [6.45, 7) is 4.55. The van der Waals surface area contributed by atoms with Gasteiger partial charge in [-0.2, -0.15) is 0 Å². The number of carbonyl (C=O) groups is 1. The van der Waals surface area contributed by atoms with Crippen LogP contribution < -0.4 is 5.32 Å². The third-order valence-corrected chi connectivity index (χ3v) is 4.38. The number of carbonyl (C=O) groups excluding carboxylic acids is 1. The zero-order valence-corrected chi connectivity index (χ0v) is 10.8. The lowest BCUT2D eigenvalue weighted by Crippen LogP contribution is -2.38. The number of fused-ring (bicyclic) bond motifs is 1. The Balaban J connectivity index is 1.84. The summed E-state index contributed by atoms with van der Waals surface area (Å²) in [6.07, 6.45) is 0. The van der Waals surface area contributed by atoms with E-state index in [2.05, 4.69) is 5.32 Å².